The van der Waals surface area contributed by atoms with Crippen molar-refractivity contribution in [3.63, 3.8) is 0 Å². The van der Waals surface area contributed by atoms with Crippen LogP contribution in [0.15, 0.2) is 29.4 Å². The van der Waals surface area contributed by atoms with Gasteiger partial charge in [-0.3, -0.25) is 9.88 Å². The highest BCUT2D eigenvalue weighted by Gasteiger charge is 2.34. The number of sulfonamides is 1. The molecule has 0 spiro atoms. The van der Waals surface area contributed by atoms with E-state index >= 15 is 0 Å². The summed E-state index contributed by atoms with van der Waals surface area (Å²) in [6.07, 6.45) is 2.91. The molecule has 0 atom stereocenters. The maximum atomic E-state index is 12.4. The van der Waals surface area contributed by atoms with Crippen molar-refractivity contribution >= 4 is 10.0 Å². The van der Waals surface area contributed by atoms with Crippen LogP contribution in [0.5, 0.6) is 0 Å². The Hall–Kier alpha value is -1.49. The molecule has 108 valence electrons. The Morgan fingerprint density at radius 1 is 1.30 bits per heavy atom. The number of hydrogen-bond acceptors (Lipinski definition) is 5. The molecule has 0 radical (unpaired) electrons. The zero-order chi connectivity index (χ0) is 14.8. The molecular weight excluding hydrogens is 276 g/mol. The van der Waals surface area contributed by atoms with Crippen LogP contribution in [-0.2, 0) is 10.0 Å². The number of nitrogens with zero attached hydrogens (tertiary/aromatic N) is 4. The fourth-order valence-electron chi connectivity index (χ4n) is 2.21. The van der Waals surface area contributed by atoms with Crippen LogP contribution in [0, 0.1) is 11.3 Å². The minimum atomic E-state index is -3.48. The smallest absolute Gasteiger partial charge is 0.244 e. The normalized spacial score (nSPS) is 18.6. The van der Waals surface area contributed by atoms with Crippen molar-refractivity contribution in [3.05, 3.63) is 24.5 Å². The first-order chi connectivity index (χ1) is 9.38. The second-order valence-electron chi connectivity index (χ2n) is 5.25. The van der Waals surface area contributed by atoms with E-state index in [4.69, 9.17) is 5.26 Å². The van der Waals surface area contributed by atoms with Gasteiger partial charge in [0.05, 0.1) is 6.07 Å². The average Bonchev–Trinajstić information content (AvgIpc) is 2.48. The summed E-state index contributed by atoms with van der Waals surface area (Å²) in [4.78, 5) is 6.07. The molecule has 1 fully saturated rings. The van der Waals surface area contributed by atoms with Gasteiger partial charge in [0.25, 0.3) is 0 Å². The Labute approximate surface area is 119 Å². The van der Waals surface area contributed by atoms with E-state index in [0.29, 0.717) is 26.2 Å². The second kappa shape index (κ2) is 5.48. The second-order valence-corrected chi connectivity index (χ2v) is 7.19. The van der Waals surface area contributed by atoms with Crippen molar-refractivity contribution in [2.75, 3.05) is 26.2 Å². The van der Waals surface area contributed by atoms with Gasteiger partial charge in [0, 0.05) is 38.6 Å². The van der Waals surface area contributed by atoms with Gasteiger partial charge in [-0.05, 0) is 26.0 Å². The zero-order valence-electron chi connectivity index (χ0n) is 11.7. The van der Waals surface area contributed by atoms with Gasteiger partial charge in [-0.25, -0.2) is 8.42 Å². The molecular formula is C13H18N4O2S. The predicted octanol–water partition coefficient (Wildman–Crippen LogP) is 0.690. The molecule has 0 aromatic carbocycles. The van der Waals surface area contributed by atoms with Crippen LogP contribution >= 0.6 is 0 Å². The van der Waals surface area contributed by atoms with E-state index in [-0.39, 0.29) is 4.90 Å². The summed E-state index contributed by atoms with van der Waals surface area (Å²) >= 11 is 0. The minimum absolute atomic E-state index is 0.216. The first-order valence-corrected chi connectivity index (χ1v) is 7.88. The maximum absolute atomic E-state index is 12.4. The lowest BCUT2D eigenvalue weighted by Crippen LogP contribution is -2.55. The van der Waals surface area contributed by atoms with Crippen molar-refractivity contribution in [2.24, 2.45) is 0 Å². The number of hydrogen-bond donors (Lipinski definition) is 0. The molecule has 0 aliphatic carbocycles. The third-order valence-corrected chi connectivity index (χ3v) is 5.46. The van der Waals surface area contributed by atoms with Gasteiger partial charge in [0.15, 0.2) is 0 Å². The third-order valence-electron chi connectivity index (χ3n) is 3.57. The van der Waals surface area contributed by atoms with Gasteiger partial charge in [-0.2, -0.15) is 9.57 Å². The molecule has 2 heterocycles. The summed E-state index contributed by atoms with van der Waals surface area (Å²) in [6, 6.07) is 5.41. The largest absolute Gasteiger partial charge is 0.283 e. The predicted molar refractivity (Wildman–Crippen MR) is 74.3 cm³/mol. The first-order valence-electron chi connectivity index (χ1n) is 6.44. The van der Waals surface area contributed by atoms with Crippen molar-refractivity contribution in [1.29, 1.82) is 5.26 Å². The van der Waals surface area contributed by atoms with E-state index in [2.05, 4.69) is 11.1 Å². The lowest BCUT2D eigenvalue weighted by atomic mass is 10.0. The van der Waals surface area contributed by atoms with Gasteiger partial charge < -0.3 is 0 Å². The van der Waals surface area contributed by atoms with E-state index < -0.39 is 15.6 Å². The molecule has 2 rings (SSSR count). The van der Waals surface area contributed by atoms with Crippen molar-refractivity contribution in [3.8, 4) is 6.07 Å². The molecule has 0 N–H and O–H groups in total. The molecule has 6 nitrogen and oxygen atoms in total. The monoisotopic (exact) mass is 294 g/mol. The molecule has 0 unspecified atom stereocenters. The minimum Gasteiger partial charge on any atom is -0.283 e. The van der Waals surface area contributed by atoms with Crippen LogP contribution in [0.1, 0.15) is 13.8 Å². The highest BCUT2D eigenvalue weighted by Crippen LogP contribution is 2.20. The summed E-state index contributed by atoms with van der Waals surface area (Å²) in [5.74, 6) is 0. The Morgan fingerprint density at radius 3 is 2.45 bits per heavy atom. The molecule has 1 aromatic heterocycles. The van der Waals surface area contributed by atoms with Gasteiger partial charge >= 0.3 is 0 Å². The Kier molecular flexibility index (Phi) is 4.09. The molecule has 1 aliphatic rings. The summed E-state index contributed by atoms with van der Waals surface area (Å²) in [6.45, 7) is 5.58. The number of aromatic nitrogens is 1. The summed E-state index contributed by atoms with van der Waals surface area (Å²) in [5, 5.41) is 9.12. The summed E-state index contributed by atoms with van der Waals surface area (Å²) in [7, 11) is -3.48. The molecule has 0 saturated carbocycles. The molecule has 1 saturated heterocycles. The van der Waals surface area contributed by atoms with E-state index in [0.717, 1.165) is 0 Å². The van der Waals surface area contributed by atoms with Crippen LogP contribution in [0.3, 0.4) is 0 Å². The Morgan fingerprint density at radius 2 is 1.95 bits per heavy atom. The van der Waals surface area contributed by atoms with Gasteiger partial charge in [0.2, 0.25) is 10.0 Å². The Balaban J connectivity index is 2.10. The van der Waals surface area contributed by atoms with Gasteiger partial charge in [-0.1, -0.05) is 0 Å². The van der Waals surface area contributed by atoms with Crippen LogP contribution in [-0.4, -0.2) is 54.3 Å². The molecule has 0 bridgehead atoms. The average molecular weight is 294 g/mol. The topological polar surface area (TPSA) is 77.3 Å². The lowest BCUT2D eigenvalue weighted by Gasteiger charge is -2.39. The third kappa shape index (κ3) is 2.82. The molecule has 20 heavy (non-hydrogen) atoms. The molecule has 0 amide bonds. The number of pyridine rings is 1. The van der Waals surface area contributed by atoms with E-state index in [1.54, 1.807) is 18.3 Å². The SMILES string of the molecule is CC(C)(C#N)N1CCN(S(=O)(=O)c2cccnc2)CC1. The van der Waals surface area contributed by atoms with Crippen molar-refractivity contribution in [1.82, 2.24) is 14.2 Å². The van der Waals surface area contributed by atoms with Crippen molar-refractivity contribution < 1.29 is 8.42 Å². The summed E-state index contributed by atoms with van der Waals surface area (Å²) in [5.41, 5.74) is -0.565. The van der Waals surface area contributed by atoms with Crippen molar-refractivity contribution in [2.45, 2.75) is 24.3 Å². The summed E-state index contributed by atoms with van der Waals surface area (Å²) < 4.78 is 26.3. The van der Waals surface area contributed by atoms with Crippen LogP contribution in [0.25, 0.3) is 0 Å². The van der Waals surface area contributed by atoms with Gasteiger partial charge in [0.1, 0.15) is 10.4 Å². The van der Waals surface area contributed by atoms with E-state index in [1.165, 1.54) is 10.5 Å². The number of nitriles is 1. The first kappa shape index (κ1) is 14.9. The van der Waals surface area contributed by atoms with Crippen LogP contribution in [0.2, 0.25) is 0 Å². The fourth-order valence-corrected chi connectivity index (χ4v) is 3.59. The quantitative estimate of drug-likeness (QED) is 0.819. The molecule has 1 aliphatic heterocycles. The zero-order valence-corrected chi connectivity index (χ0v) is 12.5. The van der Waals surface area contributed by atoms with Gasteiger partial charge in [-0.15, -0.1) is 0 Å². The van der Waals surface area contributed by atoms with Crippen LogP contribution in [0.4, 0.5) is 0 Å². The highest BCUT2D eigenvalue weighted by molar-refractivity contribution is 7.89. The van der Waals surface area contributed by atoms with Crippen LogP contribution < -0.4 is 0 Å². The lowest BCUT2D eigenvalue weighted by molar-refractivity contribution is 0.115. The molecule has 1 aromatic rings. The number of rotatable bonds is 3. The standard InChI is InChI=1S/C13H18N4O2S/c1-13(2,11-14)16-6-8-17(9-7-16)20(18,19)12-4-3-5-15-10-12/h3-5,10H,6-9H2,1-2H3. The Bertz CT molecular complexity index is 599. The number of piperazine rings is 1. The van der Waals surface area contributed by atoms with E-state index in [1.807, 2.05) is 18.7 Å². The highest BCUT2D eigenvalue weighted by atomic mass is 32.2. The fraction of sp³-hybridized carbons (Fsp3) is 0.538. The maximum Gasteiger partial charge on any atom is 0.244 e. The van der Waals surface area contributed by atoms with E-state index in [9.17, 15) is 8.42 Å². The molecule has 7 heteroatoms.